The SMILES string of the molecule is c1ccc(-c2ccc(-c3nc(-c4ccccc4-c4ccccc4)cc(-c4c5ccccc5cc5c4ccc4ccccc45)n3)cc2)cc1. The molecule has 1 aromatic heterocycles. The minimum Gasteiger partial charge on any atom is -0.228 e. The van der Waals surface area contributed by atoms with Gasteiger partial charge in [0.25, 0.3) is 0 Å². The van der Waals surface area contributed by atoms with E-state index in [1.165, 1.54) is 37.9 Å². The fourth-order valence-corrected chi connectivity index (χ4v) is 6.96. The molecule has 0 saturated heterocycles. The standard InChI is InChI=1S/C46H30N2/c1-3-13-31(14-4-1)32-23-25-35(26-24-32)46-47-43(40-22-12-11-19-37(40)33-15-5-2-6-16-33)30-44(48-46)45-39-21-10-8-18-36(39)29-42-38-20-9-7-17-34(38)27-28-41(42)45/h1-30H. The average molecular weight is 611 g/mol. The van der Waals surface area contributed by atoms with Gasteiger partial charge < -0.3 is 0 Å². The molecule has 8 aromatic carbocycles. The molecule has 0 fully saturated rings. The molecule has 9 aromatic rings. The van der Waals surface area contributed by atoms with Crippen LogP contribution in [0.25, 0.3) is 88.5 Å². The van der Waals surface area contributed by atoms with E-state index in [9.17, 15) is 0 Å². The summed E-state index contributed by atoms with van der Waals surface area (Å²) in [7, 11) is 0. The quantitative estimate of drug-likeness (QED) is 0.143. The molecule has 0 atom stereocenters. The molecule has 0 amide bonds. The number of rotatable bonds is 5. The minimum absolute atomic E-state index is 0.701. The van der Waals surface area contributed by atoms with Crippen molar-refractivity contribution in [2.45, 2.75) is 0 Å². The van der Waals surface area contributed by atoms with E-state index in [0.29, 0.717) is 5.82 Å². The number of hydrogen-bond donors (Lipinski definition) is 0. The number of hydrogen-bond acceptors (Lipinski definition) is 2. The van der Waals surface area contributed by atoms with E-state index in [2.05, 4.69) is 176 Å². The second-order valence-electron chi connectivity index (χ2n) is 12.2. The van der Waals surface area contributed by atoms with Gasteiger partial charge in [0.05, 0.1) is 11.4 Å². The van der Waals surface area contributed by atoms with Crippen LogP contribution in [-0.2, 0) is 0 Å². The maximum absolute atomic E-state index is 5.37. The average Bonchev–Trinajstić information content (AvgIpc) is 3.17. The van der Waals surface area contributed by atoms with E-state index in [1.54, 1.807) is 0 Å². The summed E-state index contributed by atoms with van der Waals surface area (Å²) in [6.07, 6.45) is 0. The van der Waals surface area contributed by atoms with Crippen LogP contribution in [0, 0.1) is 0 Å². The zero-order valence-corrected chi connectivity index (χ0v) is 26.2. The zero-order valence-electron chi connectivity index (χ0n) is 26.2. The van der Waals surface area contributed by atoms with E-state index < -0.39 is 0 Å². The van der Waals surface area contributed by atoms with Crippen molar-refractivity contribution in [3.05, 3.63) is 182 Å². The Morgan fingerprint density at radius 3 is 1.62 bits per heavy atom. The molecule has 48 heavy (non-hydrogen) atoms. The molecule has 0 saturated carbocycles. The Balaban J connectivity index is 1.33. The second kappa shape index (κ2) is 11.8. The molecule has 0 radical (unpaired) electrons. The highest BCUT2D eigenvalue weighted by molar-refractivity contribution is 6.19. The van der Waals surface area contributed by atoms with Gasteiger partial charge in [0, 0.05) is 16.7 Å². The van der Waals surface area contributed by atoms with Gasteiger partial charge in [-0.05, 0) is 66.7 Å². The lowest BCUT2D eigenvalue weighted by atomic mass is 9.91. The van der Waals surface area contributed by atoms with Crippen LogP contribution in [0.5, 0.6) is 0 Å². The van der Waals surface area contributed by atoms with Gasteiger partial charge in [0.2, 0.25) is 0 Å². The summed E-state index contributed by atoms with van der Waals surface area (Å²) >= 11 is 0. The van der Waals surface area contributed by atoms with Crippen LogP contribution in [0.4, 0.5) is 0 Å². The molecule has 1 heterocycles. The third-order valence-corrected chi connectivity index (χ3v) is 9.29. The van der Waals surface area contributed by atoms with Crippen molar-refractivity contribution in [3.8, 4) is 56.2 Å². The summed E-state index contributed by atoms with van der Waals surface area (Å²) in [5.41, 5.74) is 9.62. The third kappa shape index (κ3) is 4.92. The van der Waals surface area contributed by atoms with Crippen molar-refractivity contribution in [1.82, 2.24) is 9.97 Å². The van der Waals surface area contributed by atoms with E-state index in [-0.39, 0.29) is 0 Å². The monoisotopic (exact) mass is 610 g/mol. The molecule has 2 nitrogen and oxygen atoms in total. The summed E-state index contributed by atoms with van der Waals surface area (Å²) in [5.74, 6) is 0.701. The summed E-state index contributed by atoms with van der Waals surface area (Å²) in [5, 5.41) is 7.23. The molecule has 2 heteroatoms. The Morgan fingerprint density at radius 2 is 0.854 bits per heavy atom. The molecule has 0 aliphatic rings. The van der Waals surface area contributed by atoms with Crippen LogP contribution in [0.1, 0.15) is 0 Å². The second-order valence-corrected chi connectivity index (χ2v) is 12.2. The number of nitrogens with zero attached hydrogens (tertiary/aromatic N) is 2. The smallest absolute Gasteiger partial charge is 0.160 e. The highest BCUT2D eigenvalue weighted by Crippen LogP contribution is 2.41. The summed E-state index contributed by atoms with van der Waals surface area (Å²) in [6, 6.07) is 64.5. The molecular weight excluding hydrogens is 581 g/mol. The van der Waals surface area contributed by atoms with Gasteiger partial charge in [-0.25, -0.2) is 9.97 Å². The fraction of sp³-hybridized carbons (Fsp3) is 0. The van der Waals surface area contributed by atoms with Crippen LogP contribution in [0.15, 0.2) is 182 Å². The first-order chi connectivity index (χ1) is 23.8. The molecule has 0 aliphatic heterocycles. The van der Waals surface area contributed by atoms with Crippen molar-refractivity contribution >= 4 is 32.3 Å². The van der Waals surface area contributed by atoms with E-state index in [4.69, 9.17) is 9.97 Å². The Hall–Kier alpha value is -6.38. The van der Waals surface area contributed by atoms with Crippen molar-refractivity contribution in [2.24, 2.45) is 0 Å². The molecular formula is C46H30N2. The molecule has 0 unspecified atom stereocenters. The molecule has 224 valence electrons. The van der Waals surface area contributed by atoms with Gasteiger partial charge in [-0.2, -0.15) is 0 Å². The Bertz CT molecular complexity index is 2590. The van der Waals surface area contributed by atoms with Crippen LogP contribution in [-0.4, -0.2) is 9.97 Å². The predicted octanol–water partition coefficient (Wildman–Crippen LogP) is 12.3. The van der Waals surface area contributed by atoms with Gasteiger partial charge in [0.15, 0.2) is 5.82 Å². The lowest BCUT2D eigenvalue weighted by Crippen LogP contribution is -1.98. The molecule has 0 bridgehead atoms. The molecule has 0 aliphatic carbocycles. The van der Waals surface area contributed by atoms with Gasteiger partial charge in [0.1, 0.15) is 0 Å². The third-order valence-electron chi connectivity index (χ3n) is 9.29. The zero-order chi connectivity index (χ0) is 31.9. The molecule has 0 spiro atoms. The number of fused-ring (bicyclic) bond motifs is 4. The van der Waals surface area contributed by atoms with Crippen LogP contribution < -0.4 is 0 Å². The van der Waals surface area contributed by atoms with Gasteiger partial charge in [-0.3, -0.25) is 0 Å². The summed E-state index contributed by atoms with van der Waals surface area (Å²) in [6.45, 7) is 0. The van der Waals surface area contributed by atoms with Crippen LogP contribution >= 0.6 is 0 Å². The number of aromatic nitrogens is 2. The highest BCUT2D eigenvalue weighted by Gasteiger charge is 2.18. The Labute approximate surface area is 279 Å². The van der Waals surface area contributed by atoms with E-state index >= 15 is 0 Å². The largest absolute Gasteiger partial charge is 0.228 e. The van der Waals surface area contributed by atoms with Crippen molar-refractivity contribution in [1.29, 1.82) is 0 Å². The van der Waals surface area contributed by atoms with Crippen LogP contribution in [0.2, 0.25) is 0 Å². The first kappa shape index (κ1) is 27.9. The van der Waals surface area contributed by atoms with Gasteiger partial charge in [-0.1, -0.05) is 170 Å². The normalized spacial score (nSPS) is 11.3. The van der Waals surface area contributed by atoms with Crippen molar-refractivity contribution < 1.29 is 0 Å². The van der Waals surface area contributed by atoms with Crippen LogP contribution in [0.3, 0.4) is 0 Å². The summed E-state index contributed by atoms with van der Waals surface area (Å²) < 4.78 is 0. The summed E-state index contributed by atoms with van der Waals surface area (Å²) in [4.78, 5) is 10.7. The van der Waals surface area contributed by atoms with Crippen molar-refractivity contribution in [3.63, 3.8) is 0 Å². The molecule has 9 rings (SSSR count). The Morgan fingerprint density at radius 1 is 0.292 bits per heavy atom. The first-order valence-electron chi connectivity index (χ1n) is 16.3. The fourth-order valence-electron chi connectivity index (χ4n) is 6.96. The minimum atomic E-state index is 0.701. The Kier molecular flexibility index (Phi) is 6.84. The lowest BCUT2D eigenvalue weighted by Gasteiger charge is -2.16. The van der Waals surface area contributed by atoms with E-state index in [1.807, 2.05) is 6.07 Å². The first-order valence-corrected chi connectivity index (χ1v) is 16.3. The van der Waals surface area contributed by atoms with Crippen molar-refractivity contribution in [2.75, 3.05) is 0 Å². The van der Waals surface area contributed by atoms with E-state index in [0.717, 1.165) is 44.8 Å². The van der Waals surface area contributed by atoms with Gasteiger partial charge >= 0.3 is 0 Å². The predicted molar refractivity (Wildman–Crippen MR) is 202 cm³/mol. The number of benzene rings is 8. The maximum Gasteiger partial charge on any atom is 0.160 e. The lowest BCUT2D eigenvalue weighted by molar-refractivity contribution is 1.19. The topological polar surface area (TPSA) is 25.8 Å². The molecule has 0 N–H and O–H groups in total. The maximum atomic E-state index is 5.37. The highest BCUT2D eigenvalue weighted by atomic mass is 14.9. The van der Waals surface area contributed by atoms with Gasteiger partial charge in [-0.15, -0.1) is 0 Å².